The van der Waals surface area contributed by atoms with E-state index in [0.717, 1.165) is 37.0 Å². The van der Waals surface area contributed by atoms with Crippen LogP contribution in [0.3, 0.4) is 0 Å². The number of carbonyl (C=O) groups excluding carboxylic acids is 1. The van der Waals surface area contributed by atoms with Gasteiger partial charge >= 0.3 is 0 Å². The number of nitrogens with zero attached hydrogens (tertiary/aromatic N) is 2. The molecule has 1 fully saturated rings. The van der Waals surface area contributed by atoms with Crippen LogP contribution < -0.4 is 5.32 Å². The normalized spacial score (nSPS) is 15.1. The molecule has 4 nitrogen and oxygen atoms in total. The number of hydrogen-bond acceptors (Lipinski definition) is 4. The molecule has 3 rings (SSSR count). The molecule has 0 atom stereocenters. The number of halogens is 1. The van der Waals surface area contributed by atoms with E-state index in [0.29, 0.717) is 10.0 Å². The number of hydrogen-bond donors (Lipinski definition) is 1. The van der Waals surface area contributed by atoms with E-state index < -0.39 is 5.82 Å². The number of amides is 1. The number of nitrogens with one attached hydrogen (secondary N) is 1. The highest BCUT2D eigenvalue weighted by Crippen LogP contribution is 2.33. The Morgan fingerprint density at radius 3 is 2.74 bits per heavy atom. The molecule has 1 saturated carbocycles. The lowest BCUT2D eigenvalue weighted by molar-refractivity contribution is -0.120. The van der Waals surface area contributed by atoms with Crippen molar-refractivity contribution >= 4 is 22.4 Å². The average molecular weight is 329 g/mol. The quantitative estimate of drug-likeness (QED) is 0.911. The van der Waals surface area contributed by atoms with Crippen LogP contribution in [0.2, 0.25) is 0 Å². The van der Waals surface area contributed by atoms with Crippen LogP contribution in [0.15, 0.2) is 24.3 Å². The monoisotopic (exact) mass is 329 g/mol. The molecule has 0 unspecified atom stereocenters. The maximum Gasteiger partial charge on any atom is 0.229 e. The highest BCUT2D eigenvalue weighted by Gasteiger charge is 2.23. The lowest BCUT2D eigenvalue weighted by atomic mass is 9.89. The van der Waals surface area contributed by atoms with E-state index in [1.807, 2.05) is 6.07 Å². The molecule has 23 heavy (non-hydrogen) atoms. The predicted octanol–water partition coefficient (Wildman–Crippen LogP) is 4.34. The van der Waals surface area contributed by atoms with Gasteiger partial charge in [0.15, 0.2) is 5.13 Å². The van der Waals surface area contributed by atoms with Gasteiger partial charge in [0, 0.05) is 11.5 Å². The Morgan fingerprint density at radius 2 is 2.04 bits per heavy atom. The van der Waals surface area contributed by atoms with Crippen molar-refractivity contribution in [3.8, 4) is 17.3 Å². The summed E-state index contributed by atoms with van der Waals surface area (Å²) >= 11 is 1.08. The Hall–Kier alpha value is -2.26. The zero-order chi connectivity index (χ0) is 16.2. The fraction of sp³-hybridized carbons (Fsp3) is 0.353. The SMILES string of the molecule is N#Cc1sc(NC(=O)C2CCCCC2)nc1-c1ccccc1F. The molecule has 1 N–H and O–H groups in total. The summed E-state index contributed by atoms with van der Waals surface area (Å²) in [5.41, 5.74) is 0.563. The van der Waals surface area contributed by atoms with E-state index in [4.69, 9.17) is 0 Å². The van der Waals surface area contributed by atoms with Gasteiger partial charge in [0.1, 0.15) is 22.5 Å². The van der Waals surface area contributed by atoms with Crippen molar-refractivity contribution in [3.05, 3.63) is 35.0 Å². The van der Waals surface area contributed by atoms with Gasteiger partial charge in [-0.25, -0.2) is 9.37 Å². The van der Waals surface area contributed by atoms with Crippen LogP contribution in [0.25, 0.3) is 11.3 Å². The zero-order valence-electron chi connectivity index (χ0n) is 12.5. The third-order valence-corrected chi connectivity index (χ3v) is 4.94. The molecule has 2 aromatic rings. The fourth-order valence-corrected chi connectivity index (χ4v) is 3.64. The van der Waals surface area contributed by atoms with Gasteiger partial charge in [-0.05, 0) is 25.0 Å². The molecule has 0 spiro atoms. The number of rotatable bonds is 3. The molecule has 1 aromatic carbocycles. The number of aromatic nitrogens is 1. The number of thiazole rings is 1. The van der Waals surface area contributed by atoms with Crippen molar-refractivity contribution in [2.24, 2.45) is 5.92 Å². The van der Waals surface area contributed by atoms with Crippen molar-refractivity contribution < 1.29 is 9.18 Å². The Morgan fingerprint density at radius 1 is 1.30 bits per heavy atom. The van der Waals surface area contributed by atoms with Gasteiger partial charge in [-0.3, -0.25) is 4.79 Å². The van der Waals surface area contributed by atoms with Crippen molar-refractivity contribution in [3.63, 3.8) is 0 Å². The van der Waals surface area contributed by atoms with Crippen LogP contribution in [0.1, 0.15) is 37.0 Å². The number of benzene rings is 1. The van der Waals surface area contributed by atoms with Crippen molar-refractivity contribution in [1.82, 2.24) is 4.98 Å². The van der Waals surface area contributed by atoms with Gasteiger partial charge in [-0.2, -0.15) is 5.26 Å². The molecule has 1 aromatic heterocycles. The Balaban J connectivity index is 1.83. The molecule has 0 radical (unpaired) electrons. The van der Waals surface area contributed by atoms with Gasteiger partial charge in [0.25, 0.3) is 0 Å². The number of nitriles is 1. The van der Waals surface area contributed by atoms with E-state index in [-0.39, 0.29) is 23.1 Å². The molecule has 0 aliphatic heterocycles. The van der Waals surface area contributed by atoms with Crippen LogP contribution in [-0.2, 0) is 4.79 Å². The van der Waals surface area contributed by atoms with E-state index in [1.165, 1.54) is 12.5 Å². The Labute approximate surface area is 138 Å². The fourth-order valence-electron chi connectivity index (χ4n) is 2.86. The first-order chi connectivity index (χ1) is 11.2. The van der Waals surface area contributed by atoms with Gasteiger partial charge in [0.2, 0.25) is 5.91 Å². The first-order valence-corrected chi connectivity index (χ1v) is 8.47. The van der Waals surface area contributed by atoms with E-state index in [2.05, 4.69) is 10.3 Å². The lowest BCUT2D eigenvalue weighted by Gasteiger charge is -2.19. The molecule has 0 bridgehead atoms. The molecule has 118 valence electrons. The average Bonchev–Trinajstić information content (AvgIpc) is 2.98. The summed E-state index contributed by atoms with van der Waals surface area (Å²) in [6.07, 6.45) is 5.10. The molecular weight excluding hydrogens is 313 g/mol. The van der Waals surface area contributed by atoms with Gasteiger partial charge in [-0.1, -0.05) is 42.7 Å². The molecular formula is C17H16FN3OS. The molecule has 6 heteroatoms. The summed E-state index contributed by atoms with van der Waals surface area (Å²) in [5.74, 6) is -0.474. The maximum absolute atomic E-state index is 13.9. The van der Waals surface area contributed by atoms with Crippen LogP contribution in [0.4, 0.5) is 9.52 Å². The van der Waals surface area contributed by atoms with Gasteiger partial charge in [-0.15, -0.1) is 0 Å². The van der Waals surface area contributed by atoms with Crippen molar-refractivity contribution in [1.29, 1.82) is 5.26 Å². The Kier molecular flexibility index (Phi) is 4.68. The second-order valence-corrected chi connectivity index (χ2v) is 6.61. The van der Waals surface area contributed by atoms with Crippen molar-refractivity contribution in [2.75, 3.05) is 5.32 Å². The molecule has 0 saturated heterocycles. The third kappa shape index (κ3) is 3.40. The second-order valence-electron chi connectivity index (χ2n) is 5.61. The predicted molar refractivity (Wildman–Crippen MR) is 87.4 cm³/mol. The topological polar surface area (TPSA) is 65.8 Å². The van der Waals surface area contributed by atoms with Crippen LogP contribution in [-0.4, -0.2) is 10.9 Å². The maximum atomic E-state index is 13.9. The number of anilines is 1. The second kappa shape index (κ2) is 6.88. The van der Waals surface area contributed by atoms with E-state index >= 15 is 0 Å². The summed E-state index contributed by atoms with van der Waals surface area (Å²) in [5, 5.41) is 12.4. The van der Waals surface area contributed by atoms with E-state index in [1.54, 1.807) is 18.2 Å². The summed E-state index contributed by atoms with van der Waals surface area (Å²) in [6, 6.07) is 8.22. The molecule has 1 aliphatic rings. The zero-order valence-corrected chi connectivity index (χ0v) is 13.3. The lowest BCUT2D eigenvalue weighted by Crippen LogP contribution is -2.24. The summed E-state index contributed by atoms with van der Waals surface area (Å²) in [6.45, 7) is 0. The first-order valence-electron chi connectivity index (χ1n) is 7.65. The highest BCUT2D eigenvalue weighted by atomic mass is 32.1. The van der Waals surface area contributed by atoms with Crippen molar-refractivity contribution in [2.45, 2.75) is 32.1 Å². The first kappa shape index (κ1) is 15.6. The summed E-state index contributed by atoms with van der Waals surface area (Å²) < 4.78 is 13.9. The largest absolute Gasteiger partial charge is 0.302 e. The van der Waals surface area contributed by atoms with Gasteiger partial charge < -0.3 is 5.32 Å². The smallest absolute Gasteiger partial charge is 0.229 e. The highest BCUT2D eigenvalue weighted by molar-refractivity contribution is 7.16. The van der Waals surface area contributed by atoms with Crippen LogP contribution >= 0.6 is 11.3 Å². The van der Waals surface area contributed by atoms with Gasteiger partial charge in [0.05, 0.1) is 0 Å². The summed E-state index contributed by atoms with van der Waals surface area (Å²) in [4.78, 5) is 16.8. The minimum Gasteiger partial charge on any atom is -0.302 e. The number of carbonyl (C=O) groups is 1. The minimum absolute atomic E-state index is 0.00935. The summed E-state index contributed by atoms with van der Waals surface area (Å²) in [7, 11) is 0. The van der Waals surface area contributed by atoms with E-state index in [9.17, 15) is 14.4 Å². The molecule has 1 heterocycles. The Bertz CT molecular complexity index is 759. The molecule has 1 amide bonds. The standard InChI is InChI=1S/C17H16FN3OS/c18-13-9-5-4-8-12(13)15-14(10-19)23-17(20-15)21-16(22)11-6-2-1-3-7-11/h4-5,8-9,11H,1-3,6-7H2,(H,20,21,22). The van der Waals surface area contributed by atoms with Crippen LogP contribution in [0.5, 0.6) is 0 Å². The third-order valence-electron chi connectivity index (χ3n) is 4.06. The van der Waals surface area contributed by atoms with Crippen LogP contribution in [0, 0.1) is 23.1 Å². The molecule has 1 aliphatic carbocycles. The minimum atomic E-state index is -0.431.